The zero-order valence-electron chi connectivity index (χ0n) is 11.9. The van der Waals surface area contributed by atoms with Gasteiger partial charge in [-0.25, -0.2) is 13.6 Å². The second-order valence-electron chi connectivity index (χ2n) is 6.76. The van der Waals surface area contributed by atoms with Gasteiger partial charge < -0.3 is 10.0 Å². The Balaban J connectivity index is 1.71. The number of aliphatic carboxylic acids is 1. The normalized spacial score (nSPS) is 35.7. The standard InChI is InChI=1S/C15H21F2NO3/c16-15(17)6-4-9(5-7-15)13(19)18-8-10-2-1-3-11(10)12(18)14(20)21/h9-12H,1-8H2,(H,20,21)/t10-,11+,12-/m0/s1. The van der Waals surface area contributed by atoms with Crippen molar-refractivity contribution in [1.29, 1.82) is 0 Å². The maximum atomic E-state index is 13.2. The fraction of sp³-hybridized carbons (Fsp3) is 0.867. The molecule has 1 amide bonds. The number of likely N-dealkylation sites (tertiary alicyclic amines) is 1. The number of carboxylic acid groups (broad SMARTS) is 1. The minimum Gasteiger partial charge on any atom is -0.480 e. The molecule has 0 aromatic rings. The van der Waals surface area contributed by atoms with Crippen molar-refractivity contribution >= 4 is 11.9 Å². The van der Waals surface area contributed by atoms with E-state index >= 15 is 0 Å². The van der Waals surface area contributed by atoms with Crippen molar-refractivity contribution in [2.75, 3.05) is 6.54 Å². The highest BCUT2D eigenvalue weighted by molar-refractivity contribution is 5.86. The number of rotatable bonds is 2. The van der Waals surface area contributed by atoms with E-state index < -0.39 is 23.9 Å². The smallest absolute Gasteiger partial charge is 0.326 e. The summed E-state index contributed by atoms with van der Waals surface area (Å²) in [5.74, 6) is -3.92. The van der Waals surface area contributed by atoms with Gasteiger partial charge >= 0.3 is 5.97 Å². The van der Waals surface area contributed by atoms with Crippen LogP contribution in [-0.2, 0) is 9.59 Å². The highest BCUT2D eigenvalue weighted by Crippen LogP contribution is 2.44. The zero-order chi connectivity index (χ0) is 15.2. The van der Waals surface area contributed by atoms with E-state index in [-0.39, 0.29) is 43.4 Å². The molecule has 0 spiro atoms. The van der Waals surface area contributed by atoms with E-state index in [4.69, 9.17) is 0 Å². The van der Waals surface area contributed by atoms with Crippen LogP contribution in [0, 0.1) is 17.8 Å². The average Bonchev–Trinajstić information content (AvgIpc) is 2.96. The van der Waals surface area contributed by atoms with E-state index in [9.17, 15) is 23.5 Å². The Hall–Kier alpha value is -1.20. The van der Waals surface area contributed by atoms with E-state index in [1.807, 2.05) is 0 Å². The third-order valence-corrected chi connectivity index (χ3v) is 5.49. The number of hydrogen-bond donors (Lipinski definition) is 1. The maximum absolute atomic E-state index is 13.2. The summed E-state index contributed by atoms with van der Waals surface area (Å²) in [4.78, 5) is 25.6. The lowest BCUT2D eigenvalue weighted by Gasteiger charge is -2.32. The van der Waals surface area contributed by atoms with Gasteiger partial charge in [-0.15, -0.1) is 0 Å². The van der Waals surface area contributed by atoms with Crippen molar-refractivity contribution in [2.45, 2.75) is 56.9 Å². The third kappa shape index (κ3) is 2.64. The lowest BCUT2D eigenvalue weighted by Crippen LogP contribution is -2.47. The van der Waals surface area contributed by atoms with Gasteiger partial charge in [-0.2, -0.15) is 0 Å². The molecular formula is C15H21F2NO3. The molecule has 3 atom stereocenters. The van der Waals surface area contributed by atoms with E-state index in [2.05, 4.69) is 0 Å². The molecule has 0 bridgehead atoms. The molecule has 4 nitrogen and oxygen atoms in total. The molecule has 1 heterocycles. The first-order valence-electron chi connectivity index (χ1n) is 7.80. The van der Waals surface area contributed by atoms with E-state index in [0.717, 1.165) is 19.3 Å². The van der Waals surface area contributed by atoms with Gasteiger partial charge in [-0.05, 0) is 37.5 Å². The molecule has 1 saturated heterocycles. The highest BCUT2D eigenvalue weighted by Gasteiger charge is 2.51. The highest BCUT2D eigenvalue weighted by atomic mass is 19.3. The van der Waals surface area contributed by atoms with Crippen LogP contribution in [0.4, 0.5) is 8.78 Å². The van der Waals surface area contributed by atoms with E-state index in [1.54, 1.807) is 0 Å². The van der Waals surface area contributed by atoms with E-state index in [0.29, 0.717) is 6.54 Å². The van der Waals surface area contributed by atoms with Gasteiger partial charge in [0.2, 0.25) is 11.8 Å². The molecule has 1 aliphatic heterocycles. The molecule has 2 saturated carbocycles. The van der Waals surface area contributed by atoms with Crippen LogP contribution in [0.5, 0.6) is 0 Å². The summed E-state index contributed by atoms with van der Waals surface area (Å²) in [7, 11) is 0. The monoisotopic (exact) mass is 301 g/mol. The van der Waals surface area contributed by atoms with Crippen LogP contribution in [0.2, 0.25) is 0 Å². The van der Waals surface area contributed by atoms with Gasteiger partial charge in [-0.1, -0.05) is 6.42 Å². The van der Waals surface area contributed by atoms with Crippen LogP contribution in [0.1, 0.15) is 44.9 Å². The topological polar surface area (TPSA) is 57.6 Å². The molecule has 0 aromatic heterocycles. The molecular weight excluding hydrogens is 280 g/mol. The summed E-state index contributed by atoms with van der Waals surface area (Å²) in [5, 5.41) is 9.45. The number of halogens is 2. The second-order valence-corrected chi connectivity index (χ2v) is 6.76. The Bertz CT molecular complexity index is 444. The summed E-state index contributed by atoms with van der Waals surface area (Å²) in [6, 6.07) is -0.743. The molecule has 118 valence electrons. The van der Waals surface area contributed by atoms with Crippen LogP contribution in [0.3, 0.4) is 0 Å². The minimum atomic E-state index is -2.66. The SMILES string of the molecule is O=C(O)[C@@H]1[C@@H]2CCC[C@H]2CN1C(=O)C1CCC(F)(F)CC1. The number of carboxylic acids is 1. The van der Waals surface area contributed by atoms with Crippen molar-refractivity contribution in [3.05, 3.63) is 0 Å². The van der Waals surface area contributed by atoms with Gasteiger partial charge in [0.15, 0.2) is 0 Å². The van der Waals surface area contributed by atoms with Crippen molar-refractivity contribution in [1.82, 2.24) is 4.90 Å². The number of fused-ring (bicyclic) bond motifs is 1. The van der Waals surface area contributed by atoms with Crippen molar-refractivity contribution in [2.24, 2.45) is 17.8 Å². The van der Waals surface area contributed by atoms with Crippen LogP contribution in [0.25, 0.3) is 0 Å². The molecule has 0 unspecified atom stereocenters. The quantitative estimate of drug-likeness (QED) is 0.852. The van der Waals surface area contributed by atoms with Gasteiger partial charge in [0, 0.05) is 25.3 Å². The Morgan fingerprint density at radius 1 is 1.10 bits per heavy atom. The maximum Gasteiger partial charge on any atom is 0.326 e. The average molecular weight is 301 g/mol. The van der Waals surface area contributed by atoms with Crippen molar-refractivity contribution < 1.29 is 23.5 Å². The first kappa shape index (κ1) is 14.7. The molecule has 21 heavy (non-hydrogen) atoms. The molecule has 0 radical (unpaired) electrons. The third-order valence-electron chi connectivity index (χ3n) is 5.49. The predicted octanol–water partition coefficient (Wildman–Crippen LogP) is 2.52. The Kier molecular flexibility index (Phi) is 3.66. The Labute approximate surface area is 122 Å². The van der Waals surface area contributed by atoms with Gasteiger partial charge in [0.25, 0.3) is 0 Å². The van der Waals surface area contributed by atoms with Crippen LogP contribution < -0.4 is 0 Å². The largest absolute Gasteiger partial charge is 0.480 e. The lowest BCUT2D eigenvalue weighted by molar-refractivity contribution is -0.153. The molecule has 3 fully saturated rings. The molecule has 0 aromatic carbocycles. The Morgan fingerprint density at radius 3 is 2.38 bits per heavy atom. The number of carbonyl (C=O) groups excluding carboxylic acids is 1. The first-order valence-corrected chi connectivity index (χ1v) is 7.80. The molecule has 6 heteroatoms. The second kappa shape index (κ2) is 5.21. The van der Waals surface area contributed by atoms with Gasteiger partial charge in [0.1, 0.15) is 6.04 Å². The number of alkyl halides is 2. The fourth-order valence-electron chi connectivity index (χ4n) is 4.37. The van der Waals surface area contributed by atoms with Crippen molar-refractivity contribution in [3.63, 3.8) is 0 Å². The molecule has 2 aliphatic carbocycles. The lowest BCUT2D eigenvalue weighted by atomic mass is 9.85. The predicted molar refractivity (Wildman–Crippen MR) is 70.9 cm³/mol. The van der Waals surface area contributed by atoms with Gasteiger partial charge in [0.05, 0.1) is 0 Å². The fourth-order valence-corrected chi connectivity index (χ4v) is 4.37. The first-order chi connectivity index (χ1) is 9.89. The summed E-state index contributed by atoms with van der Waals surface area (Å²) in [6.45, 7) is 0.493. The summed E-state index contributed by atoms with van der Waals surface area (Å²) in [5.41, 5.74) is 0. The zero-order valence-corrected chi connectivity index (χ0v) is 11.9. The summed E-state index contributed by atoms with van der Waals surface area (Å²) in [6.07, 6.45) is 2.67. The summed E-state index contributed by atoms with van der Waals surface area (Å²) >= 11 is 0. The van der Waals surface area contributed by atoms with Crippen LogP contribution in [0.15, 0.2) is 0 Å². The molecule has 3 rings (SSSR count). The molecule has 1 N–H and O–H groups in total. The van der Waals surface area contributed by atoms with Crippen LogP contribution in [-0.4, -0.2) is 40.4 Å². The molecule has 3 aliphatic rings. The van der Waals surface area contributed by atoms with Crippen LogP contribution >= 0.6 is 0 Å². The summed E-state index contributed by atoms with van der Waals surface area (Å²) < 4.78 is 26.4. The minimum absolute atomic E-state index is 0.0523. The number of amides is 1. The van der Waals surface area contributed by atoms with Crippen molar-refractivity contribution in [3.8, 4) is 0 Å². The number of nitrogens with zero attached hydrogens (tertiary/aromatic N) is 1. The number of hydrogen-bond acceptors (Lipinski definition) is 2. The van der Waals surface area contributed by atoms with E-state index in [1.165, 1.54) is 4.90 Å². The number of carbonyl (C=O) groups is 2. The Morgan fingerprint density at radius 2 is 1.76 bits per heavy atom. The van der Waals surface area contributed by atoms with Gasteiger partial charge in [-0.3, -0.25) is 4.79 Å².